The third-order valence-electron chi connectivity index (χ3n) is 2.69. The van der Waals surface area contributed by atoms with Gasteiger partial charge in [0.05, 0.1) is 6.10 Å². The Morgan fingerprint density at radius 3 is 2.61 bits per heavy atom. The summed E-state index contributed by atoms with van der Waals surface area (Å²) >= 11 is 9.28. The molecule has 0 bridgehead atoms. The second-order valence-corrected chi connectivity index (χ2v) is 5.24. The molecule has 2 aromatic rings. The van der Waals surface area contributed by atoms with Crippen molar-refractivity contribution in [3.8, 4) is 0 Å². The SMILES string of the molecule is OC(Cc1ccccc1Cl)c1ccc(F)cc1Br. The molecule has 0 saturated heterocycles. The molecule has 0 fully saturated rings. The van der Waals surface area contributed by atoms with Crippen LogP contribution in [0.15, 0.2) is 46.9 Å². The predicted molar refractivity (Wildman–Crippen MR) is 74.2 cm³/mol. The highest BCUT2D eigenvalue weighted by atomic mass is 79.9. The largest absolute Gasteiger partial charge is 0.388 e. The lowest BCUT2D eigenvalue weighted by atomic mass is 10.0. The first-order valence-electron chi connectivity index (χ1n) is 5.44. The van der Waals surface area contributed by atoms with E-state index in [-0.39, 0.29) is 5.82 Å². The van der Waals surface area contributed by atoms with Crippen LogP contribution in [0.5, 0.6) is 0 Å². The van der Waals surface area contributed by atoms with Gasteiger partial charge in [-0.25, -0.2) is 4.39 Å². The molecular weight excluding hydrogens is 319 g/mol. The molecule has 0 aliphatic heterocycles. The zero-order chi connectivity index (χ0) is 13.1. The van der Waals surface area contributed by atoms with Crippen LogP contribution in [0.4, 0.5) is 4.39 Å². The van der Waals surface area contributed by atoms with E-state index in [9.17, 15) is 9.50 Å². The standard InChI is InChI=1S/C14H11BrClFO/c15-12-8-10(17)5-6-11(12)14(18)7-9-3-1-2-4-13(9)16/h1-6,8,14,18H,7H2. The molecule has 1 nitrogen and oxygen atoms in total. The summed E-state index contributed by atoms with van der Waals surface area (Å²) in [5.74, 6) is -0.337. The summed E-state index contributed by atoms with van der Waals surface area (Å²) in [7, 11) is 0. The van der Waals surface area contributed by atoms with Crippen molar-refractivity contribution in [1.29, 1.82) is 0 Å². The molecule has 4 heteroatoms. The molecule has 18 heavy (non-hydrogen) atoms. The molecule has 0 aliphatic rings. The van der Waals surface area contributed by atoms with E-state index < -0.39 is 6.10 Å². The van der Waals surface area contributed by atoms with Crippen molar-refractivity contribution in [3.63, 3.8) is 0 Å². The minimum Gasteiger partial charge on any atom is -0.388 e. The van der Waals surface area contributed by atoms with E-state index in [0.29, 0.717) is 21.5 Å². The van der Waals surface area contributed by atoms with Gasteiger partial charge in [0.15, 0.2) is 0 Å². The zero-order valence-electron chi connectivity index (χ0n) is 9.41. The Morgan fingerprint density at radius 1 is 1.22 bits per heavy atom. The molecule has 1 atom stereocenters. The van der Waals surface area contributed by atoms with E-state index in [1.807, 2.05) is 18.2 Å². The minimum absolute atomic E-state index is 0.337. The smallest absolute Gasteiger partial charge is 0.124 e. The van der Waals surface area contributed by atoms with Crippen LogP contribution in [0.1, 0.15) is 17.2 Å². The van der Waals surface area contributed by atoms with Crippen molar-refractivity contribution >= 4 is 27.5 Å². The molecule has 0 radical (unpaired) electrons. The zero-order valence-corrected chi connectivity index (χ0v) is 11.7. The lowest BCUT2D eigenvalue weighted by Gasteiger charge is -2.14. The number of benzene rings is 2. The number of hydrogen-bond donors (Lipinski definition) is 1. The van der Waals surface area contributed by atoms with Crippen LogP contribution in [0, 0.1) is 5.82 Å². The van der Waals surface area contributed by atoms with Gasteiger partial charge in [-0.2, -0.15) is 0 Å². The monoisotopic (exact) mass is 328 g/mol. The molecule has 0 saturated carbocycles. The number of aliphatic hydroxyl groups is 1. The Kier molecular flexibility index (Phi) is 4.38. The highest BCUT2D eigenvalue weighted by Gasteiger charge is 2.14. The van der Waals surface area contributed by atoms with Gasteiger partial charge in [-0.05, 0) is 29.3 Å². The molecule has 0 aromatic heterocycles. The quantitative estimate of drug-likeness (QED) is 0.878. The Hall–Kier alpha value is -0.900. The maximum absolute atomic E-state index is 13.0. The normalized spacial score (nSPS) is 12.4. The highest BCUT2D eigenvalue weighted by Crippen LogP contribution is 2.28. The highest BCUT2D eigenvalue weighted by molar-refractivity contribution is 9.10. The fraction of sp³-hybridized carbons (Fsp3) is 0.143. The van der Waals surface area contributed by atoms with Gasteiger partial charge in [-0.3, -0.25) is 0 Å². The van der Waals surface area contributed by atoms with Crippen molar-refractivity contribution < 1.29 is 9.50 Å². The maximum Gasteiger partial charge on any atom is 0.124 e. The summed E-state index contributed by atoms with van der Waals surface area (Å²) in [6, 6.07) is 11.6. The lowest BCUT2D eigenvalue weighted by molar-refractivity contribution is 0.177. The van der Waals surface area contributed by atoms with Gasteiger partial charge in [0.2, 0.25) is 0 Å². The number of hydrogen-bond acceptors (Lipinski definition) is 1. The lowest BCUT2D eigenvalue weighted by Crippen LogP contribution is -2.03. The number of aliphatic hydroxyl groups excluding tert-OH is 1. The van der Waals surface area contributed by atoms with E-state index in [1.165, 1.54) is 12.1 Å². The molecule has 0 aliphatic carbocycles. The van der Waals surface area contributed by atoms with E-state index in [4.69, 9.17) is 11.6 Å². The molecule has 2 rings (SSSR count). The summed E-state index contributed by atoms with van der Waals surface area (Å²) in [5, 5.41) is 10.8. The molecule has 0 spiro atoms. The van der Waals surface area contributed by atoms with Gasteiger partial charge in [0.1, 0.15) is 5.82 Å². The van der Waals surface area contributed by atoms with E-state index in [1.54, 1.807) is 12.1 Å². The number of rotatable bonds is 3. The van der Waals surface area contributed by atoms with Crippen molar-refractivity contribution in [1.82, 2.24) is 0 Å². The third-order valence-corrected chi connectivity index (χ3v) is 3.75. The van der Waals surface area contributed by atoms with Crippen LogP contribution in [0.3, 0.4) is 0 Å². The maximum atomic E-state index is 13.0. The Morgan fingerprint density at radius 2 is 1.94 bits per heavy atom. The van der Waals surface area contributed by atoms with Crippen LogP contribution in [-0.2, 0) is 6.42 Å². The van der Waals surface area contributed by atoms with E-state index in [0.717, 1.165) is 5.56 Å². The Bertz CT molecular complexity index is 559. The van der Waals surface area contributed by atoms with Gasteiger partial charge in [0, 0.05) is 15.9 Å². The summed E-state index contributed by atoms with van der Waals surface area (Å²) < 4.78 is 13.5. The first-order chi connectivity index (χ1) is 8.58. The Labute approximate surface area is 118 Å². The van der Waals surface area contributed by atoms with Crippen molar-refractivity contribution in [2.75, 3.05) is 0 Å². The number of halogens is 3. The predicted octanol–water partition coefficient (Wildman–Crippen LogP) is 4.52. The van der Waals surface area contributed by atoms with Gasteiger partial charge < -0.3 is 5.11 Å². The fourth-order valence-electron chi connectivity index (χ4n) is 1.75. The van der Waals surface area contributed by atoms with Crippen molar-refractivity contribution in [2.24, 2.45) is 0 Å². The van der Waals surface area contributed by atoms with Crippen LogP contribution < -0.4 is 0 Å². The molecular formula is C14H11BrClFO. The molecule has 2 aromatic carbocycles. The first-order valence-corrected chi connectivity index (χ1v) is 6.61. The fourth-order valence-corrected chi connectivity index (χ4v) is 2.58. The molecule has 1 unspecified atom stereocenters. The summed E-state index contributed by atoms with van der Waals surface area (Å²) in [4.78, 5) is 0. The van der Waals surface area contributed by atoms with E-state index >= 15 is 0 Å². The second-order valence-electron chi connectivity index (χ2n) is 3.98. The topological polar surface area (TPSA) is 20.2 Å². The van der Waals surface area contributed by atoms with Crippen LogP contribution in [0.2, 0.25) is 5.02 Å². The van der Waals surface area contributed by atoms with Gasteiger partial charge >= 0.3 is 0 Å². The first kappa shape index (κ1) is 13.5. The molecule has 1 N–H and O–H groups in total. The summed E-state index contributed by atoms with van der Waals surface area (Å²) in [6.45, 7) is 0. The molecule has 0 heterocycles. The minimum atomic E-state index is -0.722. The van der Waals surface area contributed by atoms with Crippen LogP contribution >= 0.6 is 27.5 Å². The van der Waals surface area contributed by atoms with Gasteiger partial charge in [-0.1, -0.05) is 51.8 Å². The summed E-state index contributed by atoms with van der Waals surface area (Å²) in [6.07, 6.45) is -0.330. The summed E-state index contributed by atoms with van der Waals surface area (Å²) in [5.41, 5.74) is 1.51. The van der Waals surface area contributed by atoms with Crippen LogP contribution in [-0.4, -0.2) is 5.11 Å². The van der Waals surface area contributed by atoms with Crippen molar-refractivity contribution in [2.45, 2.75) is 12.5 Å². The van der Waals surface area contributed by atoms with Crippen molar-refractivity contribution in [3.05, 3.63) is 68.9 Å². The Balaban J connectivity index is 2.22. The van der Waals surface area contributed by atoms with E-state index in [2.05, 4.69) is 15.9 Å². The second kappa shape index (κ2) is 5.83. The third kappa shape index (κ3) is 3.10. The average molecular weight is 330 g/mol. The average Bonchev–Trinajstić information content (AvgIpc) is 2.32. The molecule has 0 amide bonds. The van der Waals surface area contributed by atoms with Gasteiger partial charge in [0.25, 0.3) is 0 Å². The van der Waals surface area contributed by atoms with Crippen LogP contribution in [0.25, 0.3) is 0 Å². The van der Waals surface area contributed by atoms with Gasteiger partial charge in [-0.15, -0.1) is 0 Å². The molecule has 94 valence electrons.